The van der Waals surface area contributed by atoms with Crippen LogP contribution in [0.3, 0.4) is 0 Å². The molecule has 2 aliphatic rings. The average Bonchev–Trinajstić information content (AvgIpc) is 3.21. The van der Waals surface area contributed by atoms with E-state index < -0.39 is 0 Å². The van der Waals surface area contributed by atoms with Crippen molar-refractivity contribution in [2.24, 2.45) is 4.99 Å². The van der Waals surface area contributed by atoms with Gasteiger partial charge in [-0.05, 0) is 37.8 Å². The topological polar surface area (TPSA) is 34.1 Å². The average molecular weight is 358 g/mol. The van der Waals surface area contributed by atoms with Gasteiger partial charge in [-0.1, -0.05) is 30.3 Å². The lowest BCUT2D eigenvalue weighted by Gasteiger charge is -2.34. The summed E-state index contributed by atoms with van der Waals surface area (Å²) in [6.07, 6.45) is 5.09. The van der Waals surface area contributed by atoms with Crippen molar-refractivity contribution in [1.29, 1.82) is 0 Å². The summed E-state index contributed by atoms with van der Waals surface area (Å²) in [6.45, 7) is 10.5. The van der Waals surface area contributed by atoms with E-state index in [0.717, 1.165) is 32.1 Å². The van der Waals surface area contributed by atoms with Crippen LogP contribution in [0.4, 0.5) is 0 Å². The molecule has 2 heterocycles. The van der Waals surface area contributed by atoms with Gasteiger partial charge in [-0.25, -0.2) is 0 Å². The van der Waals surface area contributed by atoms with Gasteiger partial charge in [0.1, 0.15) is 0 Å². The maximum Gasteiger partial charge on any atom is 0.193 e. The van der Waals surface area contributed by atoms with Crippen LogP contribution in [-0.4, -0.2) is 80.1 Å². The Morgan fingerprint density at radius 1 is 0.923 bits per heavy atom. The Morgan fingerprint density at radius 3 is 2.31 bits per heavy atom. The summed E-state index contributed by atoms with van der Waals surface area (Å²) in [6, 6.07) is 10.8. The predicted molar refractivity (Wildman–Crippen MR) is 110 cm³/mol. The summed E-state index contributed by atoms with van der Waals surface area (Å²) in [5.41, 5.74) is 1.43. The molecule has 3 rings (SSSR count). The number of rotatable bonds is 7. The molecule has 1 aromatic rings. The van der Waals surface area contributed by atoms with Crippen molar-refractivity contribution in [2.45, 2.75) is 32.2 Å². The molecular formula is C21H35N5. The highest BCUT2D eigenvalue weighted by Crippen LogP contribution is 2.09. The molecule has 1 N–H and O–H groups in total. The Bertz CT molecular complexity index is 531. The summed E-state index contributed by atoms with van der Waals surface area (Å²) < 4.78 is 0. The van der Waals surface area contributed by atoms with E-state index in [1.54, 1.807) is 0 Å². The molecule has 0 aliphatic carbocycles. The molecule has 144 valence electrons. The highest BCUT2D eigenvalue weighted by atomic mass is 15.3. The summed E-state index contributed by atoms with van der Waals surface area (Å²) in [5, 5.41) is 3.53. The first kappa shape index (κ1) is 19.2. The van der Waals surface area contributed by atoms with E-state index in [1.807, 2.05) is 7.05 Å². The maximum atomic E-state index is 4.42. The van der Waals surface area contributed by atoms with Crippen LogP contribution in [-0.2, 0) is 6.54 Å². The SMILES string of the molecule is CN=C(NCCCCN1CCN(Cc2ccccc2)CC1)N1CCCC1. The molecule has 0 aromatic heterocycles. The Kier molecular flexibility index (Phi) is 7.77. The van der Waals surface area contributed by atoms with E-state index in [1.165, 1.54) is 64.0 Å². The fraction of sp³-hybridized carbons (Fsp3) is 0.667. The Morgan fingerprint density at radius 2 is 1.62 bits per heavy atom. The fourth-order valence-corrected chi connectivity index (χ4v) is 3.93. The second-order valence-electron chi connectivity index (χ2n) is 7.48. The molecule has 0 unspecified atom stereocenters. The largest absolute Gasteiger partial charge is 0.356 e. The van der Waals surface area contributed by atoms with Gasteiger partial charge in [0, 0.05) is 59.4 Å². The van der Waals surface area contributed by atoms with Crippen LogP contribution >= 0.6 is 0 Å². The minimum absolute atomic E-state index is 1.04. The molecule has 5 heteroatoms. The zero-order valence-corrected chi connectivity index (χ0v) is 16.4. The number of guanidine groups is 1. The van der Waals surface area contributed by atoms with Crippen LogP contribution in [0.15, 0.2) is 35.3 Å². The first-order valence-electron chi connectivity index (χ1n) is 10.3. The molecule has 0 atom stereocenters. The quantitative estimate of drug-likeness (QED) is 0.461. The maximum absolute atomic E-state index is 4.42. The zero-order chi connectivity index (χ0) is 18.0. The van der Waals surface area contributed by atoms with Crippen molar-refractivity contribution in [3.05, 3.63) is 35.9 Å². The van der Waals surface area contributed by atoms with Crippen molar-refractivity contribution in [3.63, 3.8) is 0 Å². The molecule has 2 saturated heterocycles. The van der Waals surface area contributed by atoms with Gasteiger partial charge in [-0.2, -0.15) is 0 Å². The molecule has 2 fully saturated rings. The minimum Gasteiger partial charge on any atom is -0.356 e. The zero-order valence-electron chi connectivity index (χ0n) is 16.4. The van der Waals surface area contributed by atoms with Crippen LogP contribution in [0, 0.1) is 0 Å². The highest BCUT2D eigenvalue weighted by molar-refractivity contribution is 5.80. The van der Waals surface area contributed by atoms with E-state index in [2.05, 4.69) is 55.3 Å². The summed E-state index contributed by atoms with van der Waals surface area (Å²) >= 11 is 0. The molecule has 0 saturated carbocycles. The van der Waals surface area contributed by atoms with Crippen molar-refractivity contribution in [1.82, 2.24) is 20.0 Å². The number of nitrogens with one attached hydrogen (secondary N) is 1. The fourth-order valence-electron chi connectivity index (χ4n) is 3.93. The molecule has 26 heavy (non-hydrogen) atoms. The minimum atomic E-state index is 1.04. The number of likely N-dealkylation sites (tertiary alicyclic amines) is 1. The number of aliphatic imine (C=N–C) groups is 1. The third-order valence-electron chi connectivity index (χ3n) is 5.52. The third-order valence-corrected chi connectivity index (χ3v) is 5.52. The van der Waals surface area contributed by atoms with Crippen molar-refractivity contribution in [3.8, 4) is 0 Å². The van der Waals surface area contributed by atoms with Gasteiger partial charge in [0.2, 0.25) is 0 Å². The second-order valence-corrected chi connectivity index (χ2v) is 7.48. The number of nitrogens with zero attached hydrogens (tertiary/aromatic N) is 4. The number of benzene rings is 1. The Balaban J connectivity index is 1.25. The normalized spacial score (nSPS) is 19.9. The summed E-state index contributed by atoms with van der Waals surface area (Å²) in [5.74, 6) is 1.09. The first-order valence-corrected chi connectivity index (χ1v) is 10.3. The highest BCUT2D eigenvalue weighted by Gasteiger charge is 2.17. The van der Waals surface area contributed by atoms with E-state index in [9.17, 15) is 0 Å². The first-order chi connectivity index (χ1) is 12.8. The van der Waals surface area contributed by atoms with Gasteiger partial charge in [-0.15, -0.1) is 0 Å². The number of hydrogen-bond donors (Lipinski definition) is 1. The summed E-state index contributed by atoms with van der Waals surface area (Å²) in [7, 11) is 1.90. The Hall–Kier alpha value is -1.59. The molecule has 2 aliphatic heterocycles. The molecule has 0 radical (unpaired) electrons. The van der Waals surface area contributed by atoms with Crippen LogP contribution in [0.2, 0.25) is 0 Å². The van der Waals surface area contributed by atoms with Gasteiger partial charge in [-0.3, -0.25) is 9.89 Å². The molecular weight excluding hydrogens is 322 g/mol. The molecule has 0 bridgehead atoms. The summed E-state index contributed by atoms with van der Waals surface area (Å²) in [4.78, 5) is 12.0. The lowest BCUT2D eigenvalue weighted by molar-refractivity contribution is 0.126. The second kappa shape index (κ2) is 10.5. The molecule has 0 spiro atoms. The molecule has 0 amide bonds. The van der Waals surface area contributed by atoms with Crippen LogP contribution < -0.4 is 5.32 Å². The molecule has 5 nitrogen and oxygen atoms in total. The van der Waals surface area contributed by atoms with Gasteiger partial charge < -0.3 is 15.1 Å². The van der Waals surface area contributed by atoms with E-state index in [4.69, 9.17) is 0 Å². The van der Waals surface area contributed by atoms with Crippen molar-refractivity contribution >= 4 is 5.96 Å². The van der Waals surface area contributed by atoms with Crippen LogP contribution in [0.25, 0.3) is 0 Å². The number of piperazine rings is 1. The number of unbranched alkanes of at least 4 members (excludes halogenated alkanes) is 1. The van der Waals surface area contributed by atoms with Gasteiger partial charge in [0.05, 0.1) is 0 Å². The third kappa shape index (κ3) is 5.99. The van der Waals surface area contributed by atoms with Gasteiger partial charge in [0.25, 0.3) is 0 Å². The lowest BCUT2D eigenvalue weighted by Crippen LogP contribution is -2.46. The van der Waals surface area contributed by atoms with Gasteiger partial charge in [0.15, 0.2) is 5.96 Å². The molecule has 1 aromatic carbocycles. The smallest absolute Gasteiger partial charge is 0.193 e. The van der Waals surface area contributed by atoms with Gasteiger partial charge >= 0.3 is 0 Å². The van der Waals surface area contributed by atoms with E-state index in [0.29, 0.717) is 0 Å². The van der Waals surface area contributed by atoms with Crippen LogP contribution in [0.5, 0.6) is 0 Å². The van der Waals surface area contributed by atoms with E-state index >= 15 is 0 Å². The van der Waals surface area contributed by atoms with Crippen molar-refractivity contribution < 1.29 is 0 Å². The van der Waals surface area contributed by atoms with Crippen molar-refractivity contribution in [2.75, 3.05) is 59.4 Å². The lowest BCUT2D eigenvalue weighted by atomic mass is 10.2. The predicted octanol–water partition coefficient (Wildman–Crippen LogP) is 2.26. The van der Waals surface area contributed by atoms with Crippen LogP contribution in [0.1, 0.15) is 31.2 Å². The monoisotopic (exact) mass is 357 g/mol. The number of hydrogen-bond acceptors (Lipinski definition) is 3. The Labute approximate surface area is 159 Å². The standard InChI is InChI=1S/C21H35N5/c1-22-21(26-13-7-8-14-26)23-11-5-6-12-24-15-17-25(18-16-24)19-20-9-3-2-4-10-20/h2-4,9-10H,5-8,11-19H2,1H3,(H,22,23). The van der Waals surface area contributed by atoms with E-state index in [-0.39, 0.29) is 0 Å².